The number of hydrogen-bond donors (Lipinski definition) is 2. The first-order chi connectivity index (χ1) is 14.2. The summed E-state index contributed by atoms with van der Waals surface area (Å²) in [6, 6.07) is 8.65. The Labute approximate surface area is 178 Å². The highest BCUT2D eigenvalue weighted by molar-refractivity contribution is 7.89. The van der Waals surface area contributed by atoms with E-state index in [1.165, 1.54) is 10.4 Å². The molecule has 158 valence electrons. The van der Waals surface area contributed by atoms with Gasteiger partial charge >= 0.3 is 11.1 Å². The second-order valence-electron chi connectivity index (χ2n) is 7.39. The summed E-state index contributed by atoms with van der Waals surface area (Å²) < 4.78 is 28.0. The van der Waals surface area contributed by atoms with Crippen LogP contribution in [0.3, 0.4) is 0 Å². The van der Waals surface area contributed by atoms with Crippen molar-refractivity contribution in [3.8, 4) is 0 Å². The van der Waals surface area contributed by atoms with Crippen LogP contribution in [0.25, 0.3) is 11.0 Å². The average Bonchev–Trinajstić information content (AvgIpc) is 2.70. The van der Waals surface area contributed by atoms with E-state index < -0.39 is 21.1 Å². The summed E-state index contributed by atoms with van der Waals surface area (Å²) in [4.78, 5) is 30.3. The van der Waals surface area contributed by atoms with E-state index in [-0.39, 0.29) is 10.4 Å². The molecular weight excluding hydrogens is 428 g/mol. The van der Waals surface area contributed by atoms with Gasteiger partial charge in [-0.15, -0.1) is 0 Å². The van der Waals surface area contributed by atoms with Gasteiger partial charge in [0.05, 0.1) is 15.9 Å². The van der Waals surface area contributed by atoms with Crippen molar-refractivity contribution in [2.75, 3.05) is 31.1 Å². The molecule has 2 heterocycles. The number of aryl methyl sites for hydroxylation is 2. The van der Waals surface area contributed by atoms with Crippen LogP contribution in [-0.4, -0.2) is 48.9 Å². The molecule has 1 aromatic heterocycles. The van der Waals surface area contributed by atoms with Crippen LogP contribution in [0, 0.1) is 13.8 Å². The number of hydrogen-bond acceptors (Lipinski definition) is 5. The number of anilines is 1. The number of piperazine rings is 1. The van der Waals surface area contributed by atoms with Gasteiger partial charge in [0, 0.05) is 36.9 Å². The van der Waals surface area contributed by atoms with Crippen molar-refractivity contribution in [1.29, 1.82) is 0 Å². The zero-order valence-corrected chi connectivity index (χ0v) is 18.1. The fourth-order valence-electron chi connectivity index (χ4n) is 3.76. The van der Waals surface area contributed by atoms with Gasteiger partial charge in [-0.1, -0.05) is 17.7 Å². The normalized spacial score (nSPS) is 15.6. The molecule has 1 aliphatic heterocycles. The summed E-state index contributed by atoms with van der Waals surface area (Å²) >= 11 is 6.12. The minimum Gasteiger partial charge on any atom is -0.369 e. The molecule has 0 unspecified atom stereocenters. The molecule has 2 aromatic carbocycles. The standard InChI is InChI=1S/C20H21ClN4O4S/c1-12-3-4-14(21)10-17(12)24-5-7-25(8-6-24)30(28,29)18-11-16-15(9-13(18)2)22-19(26)20(27)23-16/h3-4,9-11H,5-8H2,1-2H3,(H,22,26)(H,23,27). The maximum absolute atomic E-state index is 13.3. The van der Waals surface area contributed by atoms with E-state index in [9.17, 15) is 18.0 Å². The maximum atomic E-state index is 13.3. The number of halogens is 1. The van der Waals surface area contributed by atoms with Crippen LogP contribution in [0.2, 0.25) is 5.02 Å². The molecule has 0 spiro atoms. The monoisotopic (exact) mass is 448 g/mol. The van der Waals surface area contributed by atoms with Crippen molar-refractivity contribution in [3.63, 3.8) is 0 Å². The quantitative estimate of drug-likeness (QED) is 0.596. The predicted octanol–water partition coefficient (Wildman–Crippen LogP) is 2.00. The highest BCUT2D eigenvalue weighted by Crippen LogP contribution is 2.28. The van der Waals surface area contributed by atoms with Crippen molar-refractivity contribution in [1.82, 2.24) is 14.3 Å². The number of nitrogens with one attached hydrogen (secondary N) is 2. The molecule has 0 saturated carbocycles. The van der Waals surface area contributed by atoms with Crippen molar-refractivity contribution in [2.45, 2.75) is 18.7 Å². The molecule has 8 nitrogen and oxygen atoms in total. The van der Waals surface area contributed by atoms with Gasteiger partial charge in [0.1, 0.15) is 0 Å². The number of nitrogens with zero attached hydrogens (tertiary/aromatic N) is 2. The highest BCUT2D eigenvalue weighted by Gasteiger charge is 2.30. The SMILES string of the molecule is Cc1ccc(Cl)cc1N1CCN(S(=O)(=O)c2cc3[nH]c(=O)c(=O)[nH]c3cc2C)CC1. The molecular formula is C20H21ClN4O4S. The third-order valence-electron chi connectivity index (χ3n) is 5.39. The third-order valence-corrected chi connectivity index (χ3v) is 7.66. The lowest BCUT2D eigenvalue weighted by molar-refractivity contribution is 0.384. The minimum atomic E-state index is -3.76. The van der Waals surface area contributed by atoms with Crippen LogP contribution in [-0.2, 0) is 10.0 Å². The first-order valence-electron chi connectivity index (χ1n) is 9.45. The Hall–Kier alpha value is -2.62. The lowest BCUT2D eigenvalue weighted by atomic mass is 10.1. The topological polar surface area (TPSA) is 106 Å². The average molecular weight is 449 g/mol. The number of aromatic nitrogens is 2. The molecule has 30 heavy (non-hydrogen) atoms. The van der Waals surface area contributed by atoms with E-state index in [1.807, 2.05) is 25.1 Å². The van der Waals surface area contributed by atoms with E-state index in [0.717, 1.165) is 11.3 Å². The van der Waals surface area contributed by atoms with Crippen LogP contribution < -0.4 is 16.0 Å². The summed E-state index contributed by atoms with van der Waals surface area (Å²) in [6.07, 6.45) is 0. The summed E-state index contributed by atoms with van der Waals surface area (Å²) in [5.74, 6) is 0. The zero-order chi connectivity index (χ0) is 21.6. The van der Waals surface area contributed by atoms with E-state index in [0.29, 0.717) is 42.3 Å². The highest BCUT2D eigenvalue weighted by atomic mass is 35.5. The van der Waals surface area contributed by atoms with Gasteiger partial charge in [-0.2, -0.15) is 4.31 Å². The van der Waals surface area contributed by atoms with Gasteiger partial charge in [-0.05, 0) is 49.2 Å². The summed E-state index contributed by atoms with van der Waals surface area (Å²) in [5, 5.41) is 0.643. The smallest absolute Gasteiger partial charge is 0.314 e. The van der Waals surface area contributed by atoms with E-state index in [2.05, 4.69) is 14.9 Å². The Morgan fingerprint density at radius 1 is 0.867 bits per heavy atom. The van der Waals surface area contributed by atoms with Crippen LogP contribution in [0.15, 0.2) is 44.8 Å². The van der Waals surface area contributed by atoms with Crippen LogP contribution in [0.1, 0.15) is 11.1 Å². The molecule has 1 fully saturated rings. The second-order valence-corrected chi connectivity index (χ2v) is 9.74. The molecule has 2 N–H and O–H groups in total. The fraction of sp³-hybridized carbons (Fsp3) is 0.300. The summed E-state index contributed by atoms with van der Waals surface area (Å²) in [7, 11) is -3.76. The molecule has 3 aromatic rings. The van der Waals surface area contributed by atoms with Gasteiger partial charge in [-0.3, -0.25) is 9.59 Å². The number of benzene rings is 2. The molecule has 0 atom stereocenters. The van der Waals surface area contributed by atoms with Crippen LogP contribution in [0.5, 0.6) is 0 Å². The first kappa shape index (κ1) is 20.6. The first-order valence-corrected chi connectivity index (χ1v) is 11.3. The Morgan fingerprint density at radius 2 is 1.47 bits per heavy atom. The molecule has 0 aliphatic carbocycles. The lowest BCUT2D eigenvalue weighted by Gasteiger charge is -2.36. The molecule has 1 aliphatic rings. The van der Waals surface area contributed by atoms with E-state index >= 15 is 0 Å². The molecule has 1 saturated heterocycles. The summed E-state index contributed by atoms with van der Waals surface area (Å²) in [5.41, 5.74) is 1.65. The Bertz CT molecular complexity index is 1360. The third kappa shape index (κ3) is 3.64. The number of aromatic amines is 2. The molecule has 10 heteroatoms. The lowest BCUT2D eigenvalue weighted by Crippen LogP contribution is -2.49. The minimum absolute atomic E-state index is 0.116. The van der Waals surface area contributed by atoms with E-state index in [1.54, 1.807) is 13.0 Å². The number of rotatable bonds is 3. The fourth-order valence-corrected chi connectivity index (χ4v) is 5.58. The second kappa shape index (κ2) is 7.57. The molecule has 0 radical (unpaired) electrons. The van der Waals surface area contributed by atoms with Gasteiger partial charge in [-0.25, -0.2) is 8.42 Å². The zero-order valence-electron chi connectivity index (χ0n) is 16.5. The van der Waals surface area contributed by atoms with Crippen molar-refractivity contribution >= 4 is 38.3 Å². The van der Waals surface area contributed by atoms with Gasteiger partial charge in [0.15, 0.2) is 0 Å². The van der Waals surface area contributed by atoms with Crippen molar-refractivity contribution in [2.24, 2.45) is 0 Å². The molecule has 4 rings (SSSR count). The number of fused-ring (bicyclic) bond motifs is 1. The Kier molecular flexibility index (Phi) is 5.21. The number of sulfonamides is 1. The maximum Gasteiger partial charge on any atom is 0.314 e. The van der Waals surface area contributed by atoms with Crippen LogP contribution in [0.4, 0.5) is 5.69 Å². The van der Waals surface area contributed by atoms with Gasteiger partial charge in [0.25, 0.3) is 0 Å². The summed E-state index contributed by atoms with van der Waals surface area (Å²) in [6.45, 7) is 5.40. The largest absolute Gasteiger partial charge is 0.369 e. The van der Waals surface area contributed by atoms with E-state index in [4.69, 9.17) is 11.6 Å². The van der Waals surface area contributed by atoms with Gasteiger partial charge < -0.3 is 14.9 Å². The molecule has 0 bridgehead atoms. The van der Waals surface area contributed by atoms with Crippen LogP contribution >= 0.6 is 11.6 Å². The molecule has 0 amide bonds. The Balaban J connectivity index is 1.63. The predicted molar refractivity (Wildman–Crippen MR) is 117 cm³/mol. The van der Waals surface area contributed by atoms with Crippen molar-refractivity contribution < 1.29 is 8.42 Å². The number of H-pyrrole nitrogens is 2. The van der Waals surface area contributed by atoms with Gasteiger partial charge in [0.2, 0.25) is 10.0 Å². The Morgan fingerprint density at radius 3 is 2.10 bits per heavy atom. The van der Waals surface area contributed by atoms with Crippen molar-refractivity contribution in [3.05, 3.63) is 67.2 Å².